The predicted molar refractivity (Wildman–Crippen MR) is 119 cm³/mol. The van der Waals surface area contributed by atoms with Crippen LogP contribution >= 0.6 is 15.9 Å². The van der Waals surface area contributed by atoms with Gasteiger partial charge in [-0.25, -0.2) is 9.18 Å². The Bertz CT molecular complexity index is 927. The molecule has 2 aliphatic rings. The summed E-state index contributed by atoms with van der Waals surface area (Å²) >= 11 is 3.31. The van der Waals surface area contributed by atoms with Crippen LogP contribution in [0.25, 0.3) is 0 Å². The van der Waals surface area contributed by atoms with Gasteiger partial charge in [0.05, 0.1) is 12.7 Å². The van der Waals surface area contributed by atoms with Crippen molar-refractivity contribution < 1.29 is 23.5 Å². The topological polar surface area (TPSA) is 91.7 Å². The molecule has 1 aliphatic heterocycles. The number of nitriles is 1. The highest BCUT2D eigenvalue weighted by Crippen LogP contribution is 2.43. The van der Waals surface area contributed by atoms with Gasteiger partial charge in [-0.2, -0.15) is 5.26 Å². The highest BCUT2D eigenvalue weighted by atomic mass is 79.9. The van der Waals surface area contributed by atoms with Crippen molar-refractivity contribution in [3.05, 3.63) is 33.5 Å². The third kappa shape index (κ3) is 5.41. The van der Waals surface area contributed by atoms with Gasteiger partial charge in [0.15, 0.2) is 0 Å². The Morgan fingerprint density at radius 2 is 2.06 bits per heavy atom. The molecule has 0 radical (unpaired) electrons. The molecule has 3 rings (SSSR count). The number of hydrogen-bond acceptors (Lipinski definition) is 5. The number of piperidine rings is 1. The number of fused-ring (bicyclic) bond motifs is 2. The second-order valence-electron chi connectivity index (χ2n) is 9.42. The van der Waals surface area contributed by atoms with Crippen molar-refractivity contribution in [2.24, 2.45) is 5.92 Å². The van der Waals surface area contributed by atoms with Crippen LogP contribution in [0.5, 0.6) is 0 Å². The largest absolute Gasteiger partial charge is 0.444 e. The Balaban J connectivity index is 1.74. The van der Waals surface area contributed by atoms with Gasteiger partial charge < -0.3 is 14.8 Å². The van der Waals surface area contributed by atoms with Crippen molar-refractivity contribution >= 4 is 27.9 Å². The average molecular weight is 510 g/mol. The van der Waals surface area contributed by atoms with Crippen LogP contribution in [0.2, 0.25) is 0 Å². The lowest BCUT2D eigenvalue weighted by Gasteiger charge is -2.35. The molecule has 1 aromatic carbocycles. The van der Waals surface area contributed by atoms with Gasteiger partial charge in [0.25, 0.3) is 0 Å². The maximum Gasteiger partial charge on any atom is 0.411 e. The normalized spacial score (nSPS) is 23.0. The first-order valence-corrected chi connectivity index (χ1v) is 11.5. The molecule has 0 spiro atoms. The maximum absolute atomic E-state index is 14.5. The van der Waals surface area contributed by atoms with Crippen molar-refractivity contribution in [2.45, 2.75) is 76.8 Å². The number of carbonyl (C=O) groups is 2. The molecule has 1 aliphatic carbocycles. The summed E-state index contributed by atoms with van der Waals surface area (Å²) in [6, 6.07) is 3.36. The number of carbonyl (C=O) groups excluding carboxylic acids is 2. The molecule has 1 saturated carbocycles. The van der Waals surface area contributed by atoms with Gasteiger partial charge >= 0.3 is 6.09 Å². The first kappa shape index (κ1) is 24.5. The molecule has 1 saturated heterocycles. The summed E-state index contributed by atoms with van der Waals surface area (Å²) in [6.45, 7) is 5.63. The number of amides is 2. The number of methoxy groups -OCH3 is 1. The smallest absolute Gasteiger partial charge is 0.411 e. The van der Waals surface area contributed by atoms with E-state index >= 15 is 0 Å². The Morgan fingerprint density at radius 3 is 2.69 bits per heavy atom. The maximum atomic E-state index is 14.5. The fourth-order valence-electron chi connectivity index (χ4n) is 4.58. The van der Waals surface area contributed by atoms with Crippen LogP contribution in [0, 0.1) is 23.1 Å². The lowest BCUT2D eigenvalue weighted by molar-refractivity contribution is -0.128. The molecule has 2 fully saturated rings. The number of nitrogens with one attached hydrogen (secondary N) is 1. The summed E-state index contributed by atoms with van der Waals surface area (Å²) in [4.78, 5) is 27.5. The summed E-state index contributed by atoms with van der Waals surface area (Å²) in [6.07, 6.45) is 1.92. The van der Waals surface area contributed by atoms with Crippen molar-refractivity contribution in [1.29, 1.82) is 5.26 Å². The van der Waals surface area contributed by atoms with Gasteiger partial charge in [0.1, 0.15) is 23.5 Å². The van der Waals surface area contributed by atoms with Crippen molar-refractivity contribution in [2.75, 3.05) is 7.11 Å². The van der Waals surface area contributed by atoms with E-state index in [9.17, 15) is 19.2 Å². The van der Waals surface area contributed by atoms with E-state index < -0.39 is 35.5 Å². The number of likely N-dealkylation sites (tertiary alicyclic amines) is 1. The van der Waals surface area contributed by atoms with Crippen molar-refractivity contribution in [3.63, 3.8) is 0 Å². The molecule has 32 heavy (non-hydrogen) atoms. The number of ether oxygens (including phenoxy) is 2. The Hall–Kier alpha value is -2.18. The van der Waals surface area contributed by atoms with Gasteiger partial charge in [-0.3, -0.25) is 9.69 Å². The molecular formula is C23H29BrFN3O4. The Morgan fingerprint density at radius 1 is 1.34 bits per heavy atom. The van der Waals surface area contributed by atoms with Gasteiger partial charge in [-0.05, 0) is 69.2 Å². The van der Waals surface area contributed by atoms with Crippen LogP contribution in [-0.4, -0.2) is 47.7 Å². The van der Waals surface area contributed by atoms with E-state index in [1.807, 2.05) is 6.07 Å². The number of halogens is 2. The Labute approximate surface area is 196 Å². The molecule has 2 amide bonds. The monoisotopic (exact) mass is 509 g/mol. The molecule has 1 heterocycles. The summed E-state index contributed by atoms with van der Waals surface area (Å²) in [5.74, 6) is -0.838. The van der Waals surface area contributed by atoms with Crippen LogP contribution in [0.1, 0.15) is 51.2 Å². The number of hydrogen-bond donors (Lipinski definition) is 1. The molecule has 174 valence electrons. The Kier molecular flexibility index (Phi) is 7.46. The zero-order chi connectivity index (χ0) is 23.6. The van der Waals surface area contributed by atoms with Crippen molar-refractivity contribution in [3.8, 4) is 6.07 Å². The lowest BCUT2D eigenvalue weighted by atomic mass is 9.97. The zero-order valence-corrected chi connectivity index (χ0v) is 20.4. The van der Waals surface area contributed by atoms with E-state index in [4.69, 9.17) is 9.47 Å². The molecule has 9 heteroatoms. The van der Waals surface area contributed by atoms with Gasteiger partial charge in [-0.1, -0.05) is 15.9 Å². The number of benzene rings is 1. The van der Waals surface area contributed by atoms with E-state index in [1.54, 1.807) is 33.9 Å². The second-order valence-corrected chi connectivity index (χ2v) is 10.3. The minimum Gasteiger partial charge on any atom is -0.444 e. The molecule has 1 N–H and O–H groups in total. The van der Waals surface area contributed by atoms with E-state index in [2.05, 4.69) is 21.2 Å². The van der Waals surface area contributed by atoms with Crippen LogP contribution < -0.4 is 5.32 Å². The quantitative estimate of drug-likeness (QED) is 0.623. The van der Waals surface area contributed by atoms with Crippen LogP contribution in [-0.2, 0) is 27.3 Å². The fourth-order valence-corrected chi connectivity index (χ4v) is 5.01. The molecule has 4 atom stereocenters. The fraction of sp³-hybridized carbons (Fsp3) is 0.609. The third-order valence-corrected chi connectivity index (χ3v) is 6.61. The first-order chi connectivity index (χ1) is 15.0. The van der Waals surface area contributed by atoms with E-state index in [1.165, 1.54) is 11.0 Å². The summed E-state index contributed by atoms with van der Waals surface area (Å²) in [7, 11) is 1.54. The van der Waals surface area contributed by atoms with Crippen LogP contribution in [0.4, 0.5) is 9.18 Å². The van der Waals surface area contributed by atoms with Gasteiger partial charge in [-0.15, -0.1) is 0 Å². The summed E-state index contributed by atoms with van der Waals surface area (Å²) in [5, 5.41) is 12.4. The molecule has 2 bridgehead atoms. The second kappa shape index (κ2) is 9.75. The standard InChI is InChI=1S/C23H29BrFN3O4/c1-23(2,3)32-22(30)28-17-6-5-13(9-17)20(28)21(29)27-16(11-26)8-14-7-15(12-31-4)18(24)10-19(14)25/h7,10,13,16-17,20H,5-6,8-9,12H2,1-4H3,(H,27,29)/t13-,16?,17+,20-/m0/s1. The average Bonchev–Trinajstić information content (AvgIpc) is 3.31. The first-order valence-electron chi connectivity index (χ1n) is 10.7. The third-order valence-electron chi connectivity index (χ3n) is 5.87. The molecule has 0 aromatic heterocycles. The van der Waals surface area contributed by atoms with E-state index in [0.717, 1.165) is 24.8 Å². The van der Waals surface area contributed by atoms with E-state index in [-0.39, 0.29) is 25.0 Å². The van der Waals surface area contributed by atoms with Crippen LogP contribution in [0.3, 0.4) is 0 Å². The summed E-state index contributed by atoms with van der Waals surface area (Å²) in [5.41, 5.74) is 0.383. The van der Waals surface area contributed by atoms with E-state index in [0.29, 0.717) is 10.0 Å². The minimum absolute atomic E-state index is 0.00528. The van der Waals surface area contributed by atoms with Crippen molar-refractivity contribution in [1.82, 2.24) is 10.2 Å². The molecule has 1 unspecified atom stereocenters. The minimum atomic E-state index is -0.937. The molecular weight excluding hydrogens is 481 g/mol. The zero-order valence-electron chi connectivity index (χ0n) is 18.8. The number of rotatable bonds is 6. The lowest BCUT2D eigenvalue weighted by Crippen LogP contribution is -2.55. The predicted octanol–water partition coefficient (Wildman–Crippen LogP) is 4.07. The van der Waals surface area contributed by atoms with Crippen LogP contribution in [0.15, 0.2) is 16.6 Å². The highest BCUT2D eigenvalue weighted by molar-refractivity contribution is 9.10. The van der Waals surface area contributed by atoms with Gasteiger partial charge in [0.2, 0.25) is 5.91 Å². The molecule has 7 nitrogen and oxygen atoms in total. The number of nitrogens with zero attached hydrogens (tertiary/aromatic N) is 2. The highest BCUT2D eigenvalue weighted by Gasteiger charge is 2.52. The molecule has 1 aromatic rings. The van der Waals surface area contributed by atoms with Gasteiger partial charge in [0, 0.05) is 24.0 Å². The summed E-state index contributed by atoms with van der Waals surface area (Å²) < 4.78 is 25.7. The SMILES string of the molecule is COCc1cc(CC(C#N)NC(=O)[C@@H]2[C@H]3CC[C@H](C3)N2C(=O)OC(C)(C)C)c(F)cc1Br.